The number of pyridine rings is 1. The van der Waals surface area contributed by atoms with Gasteiger partial charge in [0, 0.05) is 31.4 Å². The van der Waals surface area contributed by atoms with E-state index in [9.17, 15) is 14.0 Å². The summed E-state index contributed by atoms with van der Waals surface area (Å²) in [6.07, 6.45) is 1.35. The van der Waals surface area contributed by atoms with Gasteiger partial charge < -0.3 is 24.3 Å². The lowest BCUT2D eigenvalue weighted by molar-refractivity contribution is 0.0600. The molecule has 8 nitrogen and oxygen atoms in total. The van der Waals surface area contributed by atoms with E-state index in [-0.39, 0.29) is 29.4 Å². The van der Waals surface area contributed by atoms with Crippen LogP contribution in [0.2, 0.25) is 0 Å². The normalized spacial score (nSPS) is 12.4. The maximum absolute atomic E-state index is 13.2. The summed E-state index contributed by atoms with van der Waals surface area (Å²) in [5.41, 5.74) is 1.48. The lowest BCUT2D eigenvalue weighted by atomic mass is 10.1. The Bertz CT molecular complexity index is 1170. The molecule has 9 heteroatoms. The molecule has 0 aliphatic carbocycles. The molecule has 1 heterocycles. The molecule has 2 aromatic carbocycles. The van der Waals surface area contributed by atoms with Crippen molar-refractivity contribution >= 4 is 17.7 Å². The van der Waals surface area contributed by atoms with E-state index >= 15 is 0 Å². The van der Waals surface area contributed by atoms with Crippen molar-refractivity contribution in [1.29, 1.82) is 0 Å². The SMILES string of the molecule is COC[C@H](C)Oc1cc(O[C@@H](C)Cc2ccc(F)cc2)cc(C(=O)Nc2ccc(C(=O)OC)cn2)c1. The predicted octanol–water partition coefficient (Wildman–Crippen LogP) is 4.68. The van der Waals surface area contributed by atoms with E-state index in [1.165, 1.54) is 37.6 Å². The zero-order valence-electron chi connectivity index (χ0n) is 20.6. The summed E-state index contributed by atoms with van der Waals surface area (Å²) in [7, 11) is 2.86. The first kappa shape index (κ1) is 26.6. The largest absolute Gasteiger partial charge is 0.490 e. The summed E-state index contributed by atoms with van der Waals surface area (Å²) >= 11 is 0. The van der Waals surface area contributed by atoms with Crippen LogP contribution in [0.3, 0.4) is 0 Å². The van der Waals surface area contributed by atoms with E-state index in [1.807, 2.05) is 13.8 Å². The Morgan fingerprint density at radius 3 is 2.17 bits per heavy atom. The Balaban J connectivity index is 1.78. The minimum absolute atomic E-state index is 0.259. The van der Waals surface area contributed by atoms with E-state index in [1.54, 1.807) is 37.4 Å². The minimum atomic E-state index is -0.521. The smallest absolute Gasteiger partial charge is 0.339 e. The number of halogens is 1. The van der Waals surface area contributed by atoms with Crippen molar-refractivity contribution in [2.24, 2.45) is 0 Å². The molecule has 0 unspecified atom stereocenters. The van der Waals surface area contributed by atoms with Crippen LogP contribution in [-0.2, 0) is 15.9 Å². The lowest BCUT2D eigenvalue weighted by Gasteiger charge is -2.19. The van der Waals surface area contributed by atoms with Gasteiger partial charge in [-0.1, -0.05) is 12.1 Å². The number of benzene rings is 2. The highest BCUT2D eigenvalue weighted by molar-refractivity contribution is 6.04. The molecule has 2 atom stereocenters. The van der Waals surface area contributed by atoms with E-state index in [4.69, 9.17) is 14.2 Å². The molecule has 0 spiro atoms. The van der Waals surface area contributed by atoms with Crippen LogP contribution in [0.15, 0.2) is 60.8 Å². The molecule has 0 aliphatic heterocycles. The van der Waals surface area contributed by atoms with Gasteiger partial charge in [-0.25, -0.2) is 14.2 Å². The molecule has 0 saturated heterocycles. The molecule has 0 saturated carbocycles. The van der Waals surface area contributed by atoms with Crippen molar-refractivity contribution in [3.05, 3.63) is 83.3 Å². The number of methoxy groups -OCH3 is 2. The third-order valence-corrected chi connectivity index (χ3v) is 5.08. The first-order valence-electron chi connectivity index (χ1n) is 11.3. The van der Waals surface area contributed by atoms with Crippen LogP contribution >= 0.6 is 0 Å². The summed E-state index contributed by atoms with van der Waals surface area (Å²) < 4.78 is 35.0. The van der Waals surface area contributed by atoms with Crippen molar-refractivity contribution in [3.63, 3.8) is 0 Å². The standard InChI is InChI=1S/C27H29FN2O6/c1-17(11-19-5-8-22(28)9-6-19)35-23-12-21(13-24(14-23)36-18(2)16-33-3)26(31)30-25-10-7-20(15-29-25)27(32)34-4/h5-10,12-15,17-18H,11,16H2,1-4H3,(H,29,30,31)/t17-,18-/m0/s1. The fourth-order valence-corrected chi connectivity index (χ4v) is 3.46. The maximum atomic E-state index is 13.2. The van der Waals surface area contributed by atoms with Gasteiger partial charge in [-0.15, -0.1) is 0 Å². The number of carbonyl (C=O) groups is 2. The van der Waals surface area contributed by atoms with Gasteiger partial charge in [0.15, 0.2) is 0 Å². The topological polar surface area (TPSA) is 96.0 Å². The molecule has 0 radical (unpaired) electrons. The molecule has 3 rings (SSSR count). The number of hydrogen-bond donors (Lipinski definition) is 1. The third-order valence-electron chi connectivity index (χ3n) is 5.08. The highest BCUT2D eigenvalue weighted by atomic mass is 19.1. The number of hydrogen-bond acceptors (Lipinski definition) is 7. The molecule has 1 N–H and O–H groups in total. The summed E-state index contributed by atoms with van der Waals surface area (Å²) in [6.45, 7) is 4.10. The van der Waals surface area contributed by atoms with Crippen molar-refractivity contribution in [3.8, 4) is 11.5 Å². The lowest BCUT2D eigenvalue weighted by Crippen LogP contribution is -2.20. The van der Waals surface area contributed by atoms with Gasteiger partial charge in [0.25, 0.3) is 5.91 Å². The van der Waals surface area contributed by atoms with Crippen LogP contribution in [0, 0.1) is 5.82 Å². The monoisotopic (exact) mass is 496 g/mol. The highest BCUT2D eigenvalue weighted by Crippen LogP contribution is 2.26. The summed E-state index contributed by atoms with van der Waals surface area (Å²) in [5.74, 6) is -0.122. The number of aromatic nitrogens is 1. The predicted molar refractivity (Wildman–Crippen MR) is 132 cm³/mol. The van der Waals surface area contributed by atoms with Gasteiger partial charge in [-0.2, -0.15) is 0 Å². The van der Waals surface area contributed by atoms with Crippen LogP contribution < -0.4 is 14.8 Å². The fourth-order valence-electron chi connectivity index (χ4n) is 3.46. The first-order chi connectivity index (χ1) is 17.3. The van der Waals surface area contributed by atoms with Gasteiger partial charge >= 0.3 is 5.97 Å². The fraction of sp³-hybridized carbons (Fsp3) is 0.296. The zero-order valence-corrected chi connectivity index (χ0v) is 20.6. The molecule has 36 heavy (non-hydrogen) atoms. The average Bonchev–Trinajstić information content (AvgIpc) is 2.85. The highest BCUT2D eigenvalue weighted by Gasteiger charge is 2.16. The van der Waals surface area contributed by atoms with E-state index in [2.05, 4.69) is 15.0 Å². The van der Waals surface area contributed by atoms with Gasteiger partial charge in [0.1, 0.15) is 29.2 Å². The van der Waals surface area contributed by atoms with Crippen LogP contribution in [0.4, 0.5) is 10.2 Å². The Labute approximate surface area is 209 Å². The van der Waals surface area contributed by atoms with Crippen molar-refractivity contribution in [2.75, 3.05) is 26.1 Å². The second-order valence-electron chi connectivity index (χ2n) is 8.21. The Hall–Kier alpha value is -3.98. The number of rotatable bonds is 11. The molecule has 3 aromatic rings. The number of nitrogens with zero attached hydrogens (tertiary/aromatic N) is 1. The summed E-state index contributed by atoms with van der Waals surface area (Å²) in [5, 5.41) is 2.70. The van der Waals surface area contributed by atoms with Crippen LogP contribution in [0.5, 0.6) is 11.5 Å². The quantitative estimate of drug-likeness (QED) is 0.385. The number of anilines is 1. The Morgan fingerprint density at radius 1 is 0.917 bits per heavy atom. The number of carbonyl (C=O) groups excluding carboxylic acids is 2. The van der Waals surface area contributed by atoms with Crippen LogP contribution in [0.1, 0.15) is 40.1 Å². The second-order valence-corrected chi connectivity index (χ2v) is 8.21. The van der Waals surface area contributed by atoms with Crippen molar-refractivity contribution < 1.29 is 32.9 Å². The zero-order chi connectivity index (χ0) is 26.1. The van der Waals surface area contributed by atoms with E-state index in [0.717, 1.165) is 5.56 Å². The molecule has 190 valence electrons. The molecule has 1 aromatic heterocycles. The van der Waals surface area contributed by atoms with Gasteiger partial charge in [0.2, 0.25) is 0 Å². The number of nitrogens with one attached hydrogen (secondary N) is 1. The van der Waals surface area contributed by atoms with E-state index < -0.39 is 11.9 Å². The molecular weight excluding hydrogens is 467 g/mol. The maximum Gasteiger partial charge on any atom is 0.339 e. The van der Waals surface area contributed by atoms with Crippen LogP contribution in [0.25, 0.3) is 0 Å². The molecular formula is C27H29FN2O6. The molecule has 0 aliphatic rings. The van der Waals surface area contributed by atoms with E-state index in [0.29, 0.717) is 30.1 Å². The third kappa shape index (κ3) is 7.78. The van der Waals surface area contributed by atoms with Gasteiger partial charge in [0.05, 0.1) is 25.4 Å². The number of ether oxygens (including phenoxy) is 4. The molecule has 0 fully saturated rings. The average molecular weight is 497 g/mol. The number of esters is 1. The minimum Gasteiger partial charge on any atom is -0.490 e. The molecule has 1 amide bonds. The second kappa shape index (κ2) is 12.6. The van der Waals surface area contributed by atoms with Gasteiger partial charge in [-0.3, -0.25) is 4.79 Å². The van der Waals surface area contributed by atoms with Crippen molar-refractivity contribution in [1.82, 2.24) is 4.98 Å². The van der Waals surface area contributed by atoms with Crippen molar-refractivity contribution in [2.45, 2.75) is 32.5 Å². The summed E-state index contributed by atoms with van der Waals surface area (Å²) in [6, 6.07) is 14.1. The van der Waals surface area contributed by atoms with Gasteiger partial charge in [-0.05, 0) is 55.8 Å². The molecule has 0 bridgehead atoms. The Kier molecular flexibility index (Phi) is 9.35. The first-order valence-corrected chi connectivity index (χ1v) is 11.3. The van der Waals surface area contributed by atoms with Crippen LogP contribution in [-0.4, -0.2) is 49.9 Å². The summed E-state index contributed by atoms with van der Waals surface area (Å²) in [4.78, 5) is 28.7. The Morgan fingerprint density at radius 2 is 1.58 bits per heavy atom. The number of amides is 1.